The van der Waals surface area contributed by atoms with Crippen molar-refractivity contribution in [1.29, 1.82) is 0 Å². The molecule has 9 heteroatoms. The van der Waals surface area contributed by atoms with Gasteiger partial charge in [0.25, 0.3) is 5.56 Å². The van der Waals surface area contributed by atoms with E-state index in [2.05, 4.69) is 11.9 Å². The summed E-state index contributed by atoms with van der Waals surface area (Å²) >= 11 is 4.25. The highest BCUT2D eigenvalue weighted by Crippen LogP contribution is 2.34. The molecule has 158 valence electrons. The second-order valence-corrected chi connectivity index (χ2v) is 9.19. The number of fused-ring (bicyclic) bond motifs is 1. The third-order valence-corrected chi connectivity index (χ3v) is 7.22. The first-order valence-electron chi connectivity index (χ1n) is 9.35. The molecule has 0 aliphatic heterocycles. The summed E-state index contributed by atoms with van der Waals surface area (Å²) in [6, 6.07) is 11.2. The van der Waals surface area contributed by atoms with Crippen molar-refractivity contribution in [3.05, 3.63) is 70.2 Å². The van der Waals surface area contributed by atoms with Crippen molar-refractivity contribution < 1.29 is 9.53 Å². The number of methoxy groups -OCH3 is 1. The van der Waals surface area contributed by atoms with E-state index in [4.69, 9.17) is 9.72 Å². The lowest BCUT2D eigenvalue weighted by Crippen LogP contribution is -2.23. The molecule has 0 radical (unpaired) electrons. The SMILES string of the molecule is C=CCn1c(SCC(=O)Nc2ccccc2OC)nc2scc(-c3cccs3)c2c1=O. The zero-order valence-corrected chi connectivity index (χ0v) is 19.1. The number of nitrogens with zero attached hydrogens (tertiary/aromatic N) is 2. The molecule has 1 aromatic carbocycles. The number of hydrogen-bond acceptors (Lipinski definition) is 7. The molecule has 0 saturated heterocycles. The van der Waals surface area contributed by atoms with E-state index in [1.54, 1.807) is 41.2 Å². The Morgan fingerprint density at radius 3 is 2.87 bits per heavy atom. The Kier molecular flexibility index (Phi) is 6.55. The van der Waals surface area contributed by atoms with Crippen LogP contribution in [-0.2, 0) is 11.3 Å². The summed E-state index contributed by atoms with van der Waals surface area (Å²) in [4.78, 5) is 32.2. The summed E-state index contributed by atoms with van der Waals surface area (Å²) in [5.74, 6) is 0.485. The number of rotatable bonds is 8. The molecule has 4 aromatic rings. The van der Waals surface area contributed by atoms with Crippen molar-refractivity contribution in [2.24, 2.45) is 0 Å². The second kappa shape index (κ2) is 9.51. The fraction of sp³-hybridized carbons (Fsp3) is 0.136. The van der Waals surface area contributed by atoms with Gasteiger partial charge in [-0.2, -0.15) is 0 Å². The van der Waals surface area contributed by atoms with E-state index in [-0.39, 0.29) is 17.2 Å². The summed E-state index contributed by atoms with van der Waals surface area (Å²) in [6.07, 6.45) is 1.66. The highest BCUT2D eigenvalue weighted by Gasteiger charge is 2.18. The van der Waals surface area contributed by atoms with Gasteiger partial charge in [-0.1, -0.05) is 36.0 Å². The first kappa shape index (κ1) is 21.4. The van der Waals surface area contributed by atoms with Gasteiger partial charge < -0.3 is 10.1 Å². The van der Waals surface area contributed by atoms with Gasteiger partial charge in [-0.3, -0.25) is 14.2 Å². The van der Waals surface area contributed by atoms with E-state index in [1.807, 2.05) is 35.0 Å². The molecular weight excluding hydrogens is 450 g/mol. The lowest BCUT2D eigenvalue weighted by atomic mass is 10.2. The third kappa shape index (κ3) is 4.43. The summed E-state index contributed by atoms with van der Waals surface area (Å²) in [5.41, 5.74) is 1.37. The zero-order valence-electron chi connectivity index (χ0n) is 16.7. The van der Waals surface area contributed by atoms with Crippen LogP contribution in [0, 0.1) is 0 Å². The van der Waals surface area contributed by atoms with Crippen LogP contribution in [0.2, 0.25) is 0 Å². The molecule has 0 aliphatic carbocycles. The molecule has 1 N–H and O–H groups in total. The number of ether oxygens (including phenoxy) is 1. The number of allylic oxidation sites excluding steroid dienone is 1. The van der Waals surface area contributed by atoms with Crippen LogP contribution in [0.1, 0.15) is 0 Å². The van der Waals surface area contributed by atoms with E-state index in [1.165, 1.54) is 23.1 Å². The topological polar surface area (TPSA) is 73.2 Å². The zero-order chi connectivity index (χ0) is 21.8. The highest BCUT2D eigenvalue weighted by atomic mass is 32.2. The van der Waals surface area contributed by atoms with Gasteiger partial charge in [0.05, 0.1) is 23.9 Å². The number of para-hydroxylation sites is 2. The maximum absolute atomic E-state index is 13.3. The summed E-state index contributed by atoms with van der Waals surface area (Å²) in [6.45, 7) is 4.08. The molecule has 0 fully saturated rings. The number of nitrogens with one attached hydrogen (secondary N) is 1. The number of carbonyl (C=O) groups is 1. The third-order valence-electron chi connectivity index (χ3n) is 4.47. The minimum atomic E-state index is -0.209. The van der Waals surface area contributed by atoms with Gasteiger partial charge in [-0.15, -0.1) is 29.3 Å². The minimum Gasteiger partial charge on any atom is -0.495 e. The van der Waals surface area contributed by atoms with Crippen molar-refractivity contribution in [1.82, 2.24) is 9.55 Å². The first-order chi connectivity index (χ1) is 15.1. The van der Waals surface area contributed by atoms with Crippen molar-refractivity contribution in [3.8, 4) is 16.2 Å². The van der Waals surface area contributed by atoms with Gasteiger partial charge in [0.15, 0.2) is 5.16 Å². The van der Waals surface area contributed by atoms with Crippen LogP contribution in [0.15, 0.2) is 69.8 Å². The van der Waals surface area contributed by atoms with E-state index in [0.29, 0.717) is 33.4 Å². The molecule has 6 nitrogen and oxygen atoms in total. The predicted molar refractivity (Wildman–Crippen MR) is 130 cm³/mol. The van der Waals surface area contributed by atoms with Gasteiger partial charge in [0, 0.05) is 22.4 Å². The first-order valence-corrected chi connectivity index (χ1v) is 12.1. The monoisotopic (exact) mass is 469 g/mol. The highest BCUT2D eigenvalue weighted by molar-refractivity contribution is 7.99. The van der Waals surface area contributed by atoms with Crippen LogP contribution >= 0.6 is 34.4 Å². The molecule has 3 heterocycles. The molecule has 0 bridgehead atoms. The van der Waals surface area contributed by atoms with Gasteiger partial charge >= 0.3 is 0 Å². The maximum Gasteiger partial charge on any atom is 0.263 e. The Balaban J connectivity index is 1.61. The summed E-state index contributed by atoms with van der Waals surface area (Å²) < 4.78 is 6.84. The minimum absolute atomic E-state index is 0.107. The smallest absolute Gasteiger partial charge is 0.263 e. The molecule has 31 heavy (non-hydrogen) atoms. The predicted octanol–water partition coefficient (Wildman–Crippen LogP) is 5.11. The Labute approximate surface area is 191 Å². The van der Waals surface area contributed by atoms with Crippen molar-refractivity contribution in [3.63, 3.8) is 0 Å². The second-order valence-electron chi connectivity index (χ2n) is 6.44. The molecule has 0 atom stereocenters. The molecule has 0 unspecified atom stereocenters. The van der Waals surface area contributed by atoms with Crippen LogP contribution < -0.4 is 15.6 Å². The number of carbonyl (C=O) groups excluding carboxylic acids is 1. The van der Waals surface area contributed by atoms with Crippen molar-refractivity contribution >= 4 is 56.2 Å². The lowest BCUT2D eigenvalue weighted by molar-refractivity contribution is -0.113. The standard InChI is InChI=1S/C22H19N3O3S3/c1-3-10-25-21(27)19-14(17-9-6-11-29-17)12-30-20(19)24-22(25)31-13-18(26)23-15-7-4-5-8-16(15)28-2/h3-9,11-12H,1,10,13H2,2H3,(H,23,26). The van der Waals surface area contributed by atoms with Crippen LogP contribution in [-0.4, -0.2) is 28.3 Å². The van der Waals surface area contributed by atoms with E-state index >= 15 is 0 Å². The number of hydrogen-bond donors (Lipinski definition) is 1. The number of thiophene rings is 2. The van der Waals surface area contributed by atoms with Crippen LogP contribution in [0.25, 0.3) is 20.7 Å². The van der Waals surface area contributed by atoms with Gasteiger partial charge in [-0.05, 0) is 23.6 Å². The Bertz CT molecular complexity index is 1290. The Morgan fingerprint density at radius 1 is 1.29 bits per heavy atom. The quantitative estimate of drug-likeness (QED) is 0.220. The van der Waals surface area contributed by atoms with E-state index < -0.39 is 0 Å². The molecule has 0 aliphatic rings. The van der Waals surface area contributed by atoms with Crippen molar-refractivity contribution in [2.45, 2.75) is 11.7 Å². The Hall–Kier alpha value is -2.88. The lowest BCUT2D eigenvalue weighted by Gasteiger charge is -2.12. The van der Waals surface area contributed by atoms with Crippen LogP contribution in [0.4, 0.5) is 5.69 Å². The Morgan fingerprint density at radius 2 is 2.13 bits per heavy atom. The fourth-order valence-electron chi connectivity index (χ4n) is 3.08. The van der Waals surface area contributed by atoms with Crippen LogP contribution in [0.5, 0.6) is 5.75 Å². The number of benzene rings is 1. The number of thioether (sulfide) groups is 1. The fourth-order valence-corrected chi connectivity index (χ4v) is 5.69. The van der Waals surface area contributed by atoms with Crippen molar-refractivity contribution in [2.75, 3.05) is 18.2 Å². The largest absolute Gasteiger partial charge is 0.495 e. The van der Waals surface area contributed by atoms with Gasteiger partial charge in [0.2, 0.25) is 5.91 Å². The molecular formula is C22H19N3O3S3. The molecule has 4 rings (SSSR count). The molecule has 1 amide bonds. The average molecular weight is 470 g/mol. The van der Waals surface area contributed by atoms with Gasteiger partial charge in [-0.25, -0.2) is 4.98 Å². The molecule has 0 saturated carbocycles. The van der Waals surface area contributed by atoms with Crippen LogP contribution in [0.3, 0.4) is 0 Å². The number of aromatic nitrogens is 2. The maximum atomic E-state index is 13.3. The molecule has 3 aromatic heterocycles. The summed E-state index contributed by atoms with van der Waals surface area (Å²) in [7, 11) is 1.55. The summed E-state index contributed by atoms with van der Waals surface area (Å²) in [5, 5.41) is 7.89. The average Bonchev–Trinajstić information content (AvgIpc) is 3.44. The molecule has 0 spiro atoms. The number of amides is 1. The van der Waals surface area contributed by atoms with E-state index in [0.717, 1.165) is 10.4 Å². The normalized spacial score (nSPS) is 10.9. The number of anilines is 1. The van der Waals surface area contributed by atoms with Gasteiger partial charge in [0.1, 0.15) is 10.6 Å². The van der Waals surface area contributed by atoms with E-state index in [9.17, 15) is 9.59 Å².